The first-order chi connectivity index (χ1) is 14.2. The summed E-state index contributed by atoms with van der Waals surface area (Å²) >= 11 is 0. The number of aryl methyl sites for hydroxylation is 1. The first kappa shape index (κ1) is 19.0. The molecule has 4 rings (SSSR count). The van der Waals surface area contributed by atoms with E-state index in [0.29, 0.717) is 6.54 Å². The molecule has 0 radical (unpaired) electrons. The molecule has 5 nitrogen and oxygen atoms in total. The number of hydrogen-bond donors (Lipinski definition) is 1. The second kappa shape index (κ2) is 8.75. The molecule has 0 aliphatic rings. The zero-order chi connectivity index (χ0) is 20.1. The first-order valence-electron chi connectivity index (χ1n) is 9.55. The van der Waals surface area contributed by atoms with Crippen LogP contribution in [0.4, 0.5) is 4.39 Å². The van der Waals surface area contributed by atoms with Crippen LogP contribution in [0.1, 0.15) is 11.3 Å². The van der Waals surface area contributed by atoms with Gasteiger partial charge in [0.05, 0.1) is 12.2 Å². The number of nitrogens with zero attached hydrogens (tertiary/aromatic N) is 4. The van der Waals surface area contributed by atoms with E-state index in [1.807, 2.05) is 42.1 Å². The molecule has 0 aliphatic heterocycles. The second-order valence-electron chi connectivity index (χ2n) is 6.85. The molecule has 0 spiro atoms. The Hall–Kier alpha value is -3.38. The molecule has 0 amide bonds. The van der Waals surface area contributed by atoms with Gasteiger partial charge in [-0.25, -0.2) is 4.39 Å². The van der Waals surface area contributed by atoms with Crippen LogP contribution in [-0.4, -0.2) is 26.3 Å². The summed E-state index contributed by atoms with van der Waals surface area (Å²) in [5.41, 5.74) is 5.80. The molecule has 0 saturated carbocycles. The molecule has 1 aromatic carbocycles. The molecule has 146 valence electrons. The highest BCUT2D eigenvalue weighted by molar-refractivity contribution is 5.69. The van der Waals surface area contributed by atoms with Crippen molar-refractivity contribution in [2.24, 2.45) is 0 Å². The fourth-order valence-corrected chi connectivity index (χ4v) is 3.28. The fraction of sp³-hybridized carbons (Fsp3) is 0.174. The van der Waals surface area contributed by atoms with Gasteiger partial charge in [0.25, 0.3) is 0 Å². The van der Waals surface area contributed by atoms with Gasteiger partial charge in [-0.1, -0.05) is 12.1 Å². The van der Waals surface area contributed by atoms with Gasteiger partial charge in [0, 0.05) is 54.7 Å². The van der Waals surface area contributed by atoms with Crippen molar-refractivity contribution in [1.82, 2.24) is 25.1 Å². The van der Waals surface area contributed by atoms with Crippen molar-refractivity contribution in [2.45, 2.75) is 20.0 Å². The van der Waals surface area contributed by atoms with Crippen LogP contribution in [0, 0.1) is 12.7 Å². The minimum Gasteiger partial charge on any atom is -0.311 e. The molecule has 0 atom stereocenters. The lowest BCUT2D eigenvalue weighted by Crippen LogP contribution is -2.21. The van der Waals surface area contributed by atoms with Crippen molar-refractivity contribution >= 4 is 0 Å². The largest absolute Gasteiger partial charge is 0.311 e. The average Bonchev–Trinajstić information content (AvgIpc) is 3.16. The third-order valence-electron chi connectivity index (χ3n) is 4.82. The van der Waals surface area contributed by atoms with E-state index in [4.69, 9.17) is 0 Å². The molecule has 1 N–H and O–H groups in total. The lowest BCUT2D eigenvalue weighted by atomic mass is 10.0. The van der Waals surface area contributed by atoms with E-state index in [2.05, 4.69) is 26.4 Å². The number of pyridine rings is 2. The number of rotatable bonds is 7. The van der Waals surface area contributed by atoms with Gasteiger partial charge in [0.1, 0.15) is 5.82 Å². The highest BCUT2D eigenvalue weighted by atomic mass is 19.1. The Bertz CT molecular complexity index is 1090. The van der Waals surface area contributed by atoms with Crippen LogP contribution in [0.15, 0.2) is 73.3 Å². The van der Waals surface area contributed by atoms with Gasteiger partial charge in [-0.05, 0) is 54.4 Å². The van der Waals surface area contributed by atoms with Crippen LogP contribution in [0.3, 0.4) is 0 Å². The predicted octanol–water partition coefficient (Wildman–Crippen LogP) is 4.24. The molecule has 3 aromatic heterocycles. The number of aromatic nitrogens is 4. The summed E-state index contributed by atoms with van der Waals surface area (Å²) in [7, 11) is 0. The Labute approximate surface area is 169 Å². The van der Waals surface area contributed by atoms with Crippen molar-refractivity contribution in [1.29, 1.82) is 0 Å². The number of hydrogen-bond acceptors (Lipinski definition) is 4. The van der Waals surface area contributed by atoms with Crippen LogP contribution >= 0.6 is 0 Å². The van der Waals surface area contributed by atoms with Gasteiger partial charge >= 0.3 is 0 Å². The molecule has 0 bridgehead atoms. The molecule has 0 saturated heterocycles. The van der Waals surface area contributed by atoms with Crippen molar-refractivity contribution in [3.8, 4) is 22.4 Å². The molecule has 3 heterocycles. The Morgan fingerprint density at radius 3 is 2.59 bits per heavy atom. The summed E-state index contributed by atoms with van der Waals surface area (Å²) in [6, 6.07) is 14.5. The number of benzene rings is 1. The standard InChI is InChI=1S/C23H22FN5/c1-17-5-10-28-29(17)12-11-26-15-21-13-20(19-3-2-4-22(24)14-19)16-27-23(21)18-6-8-25-9-7-18/h2-10,13-14,16,26H,11-12,15H2,1H3. The molecule has 6 heteroatoms. The van der Waals surface area contributed by atoms with Gasteiger partial charge in [-0.2, -0.15) is 5.10 Å². The maximum atomic E-state index is 13.7. The van der Waals surface area contributed by atoms with E-state index in [1.165, 1.54) is 12.1 Å². The van der Waals surface area contributed by atoms with Crippen molar-refractivity contribution in [2.75, 3.05) is 6.54 Å². The Morgan fingerprint density at radius 1 is 0.966 bits per heavy atom. The molecule has 29 heavy (non-hydrogen) atoms. The van der Waals surface area contributed by atoms with E-state index in [1.54, 1.807) is 24.7 Å². The second-order valence-corrected chi connectivity index (χ2v) is 6.85. The zero-order valence-corrected chi connectivity index (χ0v) is 16.2. The van der Waals surface area contributed by atoms with Gasteiger partial charge in [-0.3, -0.25) is 14.6 Å². The van der Waals surface area contributed by atoms with Gasteiger partial charge < -0.3 is 5.32 Å². The highest BCUT2D eigenvalue weighted by Crippen LogP contribution is 2.27. The Balaban J connectivity index is 1.58. The number of halogens is 1. The maximum absolute atomic E-state index is 13.7. The third-order valence-corrected chi connectivity index (χ3v) is 4.82. The SMILES string of the molecule is Cc1ccnn1CCNCc1cc(-c2cccc(F)c2)cnc1-c1ccncc1. The van der Waals surface area contributed by atoms with Crippen LogP contribution in [0.2, 0.25) is 0 Å². The van der Waals surface area contributed by atoms with Crippen LogP contribution < -0.4 is 5.32 Å². The van der Waals surface area contributed by atoms with E-state index in [0.717, 1.165) is 46.7 Å². The van der Waals surface area contributed by atoms with E-state index in [9.17, 15) is 4.39 Å². The minimum absolute atomic E-state index is 0.255. The van der Waals surface area contributed by atoms with E-state index >= 15 is 0 Å². The van der Waals surface area contributed by atoms with E-state index in [-0.39, 0.29) is 5.82 Å². The molecule has 0 fully saturated rings. The molecule has 0 aliphatic carbocycles. The lowest BCUT2D eigenvalue weighted by Gasteiger charge is -2.13. The summed E-state index contributed by atoms with van der Waals surface area (Å²) in [6.45, 7) is 4.26. The third kappa shape index (κ3) is 4.55. The zero-order valence-electron chi connectivity index (χ0n) is 16.2. The Kier molecular flexibility index (Phi) is 5.72. The van der Waals surface area contributed by atoms with Crippen molar-refractivity contribution in [3.63, 3.8) is 0 Å². The smallest absolute Gasteiger partial charge is 0.123 e. The minimum atomic E-state index is -0.255. The maximum Gasteiger partial charge on any atom is 0.123 e. The normalized spacial score (nSPS) is 11.0. The van der Waals surface area contributed by atoms with Gasteiger partial charge in [-0.15, -0.1) is 0 Å². The molecular weight excluding hydrogens is 365 g/mol. The first-order valence-corrected chi connectivity index (χ1v) is 9.55. The van der Waals surface area contributed by atoms with Crippen LogP contribution in [0.5, 0.6) is 0 Å². The fourth-order valence-electron chi connectivity index (χ4n) is 3.28. The highest BCUT2D eigenvalue weighted by Gasteiger charge is 2.10. The van der Waals surface area contributed by atoms with Crippen molar-refractivity contribution < 1.29 is 4.39 Å². The van der Waals surface area contributed by atoms with Crippen LogP contribution in [0.25, 0.3) is 22.4 Å². The molecule has 0 unspecified atom stereocenters. The number of nitrogens with one attached hydrogen (secondary N) is 1. The van der Waals surface area contributed by atoms with Gasteiger partial charge in [0.15, 0.2) is 0 Å². The van der Waals surface area contributed by atoms with Crippen LogP contribution in [-0.2, 0) is 13.1 Å². The molecular formula is C23H22FN5. The summed E-state index contributed by atoms with van der Waals surface area (Å²) in [5, 5.41) is 7.79. The summed E-state index contributed by atoms with van der Waals surface area (Å²) in [4.78, 5) is 8.78. The quantitative estimate of drug-likeness (QED) is 0.482. The molecule has 4 aromatic rings. The van der Waals surface area contributed by atoms with Gasteiger partial charge in [0.2, 0.25) is 0 Å². The average molecular weight is 387 g/mol. The Morgan fingerprint density at radius 2 is 1.83 bits per heavy atom. The summed E-state index contributed by atoms with van der Waals surface area (Å²) < 4.78 is 15.6. The monoisotopic (exact) mass is 387 g/mol. The van der Waals surface area contributed by atoms with Crippen molar-refractivity contribution in [3.05, 3.63) is 90.4 Å². The topological polar surface area (TPSA) is 55.6 Å². The predicted molar refractivity (Wildman–Crippen MR) is 112 cm³/mol. The summed E-state index contributed by atoms with van der Waals surface area (Å²) in [6.07, 6.45) is 7.12. The van der Waals surface area contributed by atoms with E-state index < -0.39 is 0 Å². The summed E-state index contributed by atoms with van der Waals surface area (Å²) in [5.74, 6) is -0.255. The lowest BCUT2D eigenvalue weighted by molar-refractivity contribution is 0.545.